The lowest BCUT2D eigenvalue weighted by Crippen LogP contribution is -2.31. The summed E-state index contributed by atoms with van der Waals surface area (Å²) in [6, 6.07) is 3.40. The van der Waals surface area contributed by atoms with Gasteiger partial charge in [-0.25, -0.2) is 10.1 Å². The van der Waals surface area contributed by atoms with Crippen molar-refractivity contribution >= 4 is 35.0 Å². The molecule has 26 heavy (non-hydrogen) atoms. The normalized spacial score (nSPS) is 21.8. The highest BCUT2D eigenvalue weighted by Crippen LogP contribution is 2.34. The topological polar surface area (TPSA) is 59.1 Å². The van der Waals surface area contributed by atoms with E-state index in [1.54, 1.807) is 12.1 Å². The molecule has 2 fully saturated rings. The highest BCUT2D eigenvalue weighted by molar-refractivity contribution is 6.34. The van der Waals surface area contributed by atoms with E-state index in [1.807, 2.05) is 27.7 Å². The SMILES string of the molecule is CC1(C)CON(Cc2cc(Cl)c(CN3OCC(C)(C)C3=O)cc2Cl)C1=O. The Bertz CT molecular complexity index is 700. The van der Waals surface area contributed by atoms with Crippen LogP contribution >= 0.6 is 23.2 Å². The van der Waals surface area contributed by atoms with Crippen LogP contribution in [0.25, 0.3) is 0 Å². The van der Waals surface area contributed by atoms with Gasteiger partial charge in [-0.15, -0.1) is 0 Å². The van der Waals surface area contributed by atoms with Gasteiger partial charge in [0.25, 0.3) is 11.8 Å². The second kappa shape index (κ2) is 6.68. The highest BCUT2D eigenvalue weighted by Gasteiger charge is 2.41. The Hall–Kier alpha value is -1.34. The number of hydrogen-bond acceptors (Lipinski definition) is 4. The lowest BCUT2D eigenvalue weighted by Gasteiger charge is -2.20. The Morgan fingerprint density at radius 2 is 1.19 bits per heavy atom. The summed E-state index contributed by atoms with van der Waals surface area (Å²) in [5, 5.41) is 3.53. The average Bonchev–Trinajstić information content (AvgIpc) is 2.95. The number of rotatable bonds is 4. The fraction of sp³-hybridized carbons (Fsp3) is 0.556. The third-order valence-electron chi connectivity index (χ3n) is 4.62. The molecule has 8 heteroatoms. The van der Waals surface area contributed by atoms with Crippen LogP contribution in [0, 0.1) is 10.8 Å². The van der Waals surface area contributed by atoms with Gasteiger partial charge < -0.3 is 0 Å². The molecule has 0 aliphatic carbocycles. The number of hydroxylamine groups is 4. The molecular formula is C18H22Cl2N2O4. The van der Waals surface area contributed by atoms with Gasteiger partial charge >= 0.3 is 0 Å². The number of benzene rings is 1. The molecule has 3 rings (SSSR count). The molecule has 142 valence electrons. The van der Waals surface area contributed by atoms with Gasteiger partial charge in [-0.05, 0) is 51.0 Å². The summed E-state index contributed by atoms with van der Waals surface area (Å²) < 4.78 is 0. The molecule has 2 amide bonds. The second-order valence-corrected chi connectivity index (χ2v) is 8.85. The summed E-state index contributed by atoms with van der Waals surface area (Å²) in [7, 11) is 0. The summed E-state index contributed by atoms with van der Waals surface area (Å²) in [5.74, 6) is -0.181. The lowest BCUT2D eigenvalue weighted by atomic mass is 9.94. The van der Waals surface area contributed by atoms with Gasteiger partial charge in [-0.2, -0.15) is 0 Å². The molecule has 1 aromatic rings. The Morgan fingerprint density at radius 1 is 0.846 bits per heavy atom. The van der Waals surface area contributed by atoms with Crippen molar-refractivity contribution in [2.75, 3.05) is 13.2 Å². The van der Waals surface area contributed by atoms with Crippen molar-refractivity contribution in [3.8, 4) is 0 Å². The van der Waals surface area contributed by atoms with E-state index >= 15 is 0 Å². The van der Waals surface area contributed by atoms with E-state index in [0.717, 1.165) is 0 Å². The number of halogens is 2. The molecule has 0 unspecified atom stereocenters. The first kappa shape index (κ1) is 19.4. The molecule has 0 bridgehead atoms. The van der Waals surface area contributed by atoms with Crippen molar-refractivity contribution in [3.05, 3.63) is 33.3 Å². The Morgan fingerprint density at radius 3 is 1.46 bits per heavy atom. The van der Waals surface area contributed by atoms with Crippen LogP contribution in [-0.2, 0) is 32.4 Å². The summed E-state index contributed by atoms with van der Waals surface area (Å²) in [6.45, 7) is 8.44. The molecule has 0 atom stereocenters. The van der Waals surface area contributed by atoms with Gasteiger partial charge in [0.05, 0.1) is 37.1 Å². The van der Waals surface area contributed by atoms with Gasteiger partial charge in [0, 0.05) is 10.0 Å². The Kier molecular flexibility index (Phi) is 4.99. The maximum Gasteiger partial charge on any atom is 0.254 e. The number of hydrogen-bond donors (Lipinski definition) is 0. The molecule has 6 nitrogen and oxygen atoms in total. The van der Waals surface area contributed by atoms with Crippen molar-refractivity contribution in [3.63, 3.8) is 0 Å². The van der Waals surface area contributed by atoms with Gasteiger partial charge in [0.2, 0.25) is 0 Å². The monoisotopic (exact) mass is 400 g/mol. The third-order valence-corrected chi connectivity index (χ3v) is 5.32. The molecular weight excluding hydrogens is 379 g/mol. The smallest absolute Gasteiger partial charge is 0.254 e. The van der Waals surface area contributed by atoms with Crippen LogP contribution in [-0.4, -0.2) is 35.2 Å². The molecule has 2 saturated heterocycles. The zero-order valence-corrected chi connectivity index (χ0v) is 16.8. The van der Waals surface area contributed by atoms with Crippen LogP contribution in [0.4, 0.5) is 0 Å². The van der Waals surface area contributed by atoms with Gasteiger partial charge in [0.15, 0.2) is 0 Å². The van der Waals surface area contributed by atoms with E-state index < -0.39 is 10.8 Å². The molecule has 0 aromatic heterocycles. The van der Waals surface area contributed by atoms with Crippen LogP contribution in [0.2, 0.25) is 10.0 Å². The zero-order chi connectivity index (χ0) is 19.3. The molecule has 0 N–H and O–H groups in total. The van der Waals surface area contributed by atoms with E-state index in [-0.39, 0.29) is 24.9 Å². The van der Waals surface area contributed by atoms with E-state index in [1.165, 1.54) is 10.1 Å². The Balaban J connectivity index is 1.75. The molecule has 2 aliphatic heterocycles. The first-order valence-electron chi connectivity index (χ1n) is 8.38. The molecule has 1 aromatic carbocycles. The minimum absolute atomic E-state index is 0.0907. The van der Waals surface area contributed by atoms with Gasteiger partial charge in [-0.1, -0.05) is 23.2 Å². The highest BCUT2D eigenvalue weighted by atomic mass is 35.5. The first-order valence-corrected chi connectivity index (χ1v) is 9.13. The van der Waals surface area contributed by atoms with Crippen LogP contribution < -0.4 is 0 Å². The zero-order valence-electron chi connectivity index (χ0n) is 15.3. The van der Waals surface area contributed by atoms with E-state index in [4.69, 9.17) is 32.9 Å². The average molecular weight is 401 g/mol. The number of amides is 2. The van der Waals surface area contributed by atoms with Gasteiger partial charge in [0.1, 0.15) is 0 Å². The largest absolute Gasteiger partial charge is 0.272 e. The summed E-state index contributed by atoms with van der Waals surface area (Å²) in [6.07, 6.45) is 0. The van der Waals surface area contributed by atoms with E-state index in [0.29, 0.717) is 34.4 Å². The predicted molar refractivity (Wildman–Crippen MR) is 97.0 cm³/mol. The summed E-state index contributed by atoms with van der Waals surface area (Å²) >= 11 is 12.8. The van der Waals surface area contributed by atoms with Crippen molar-refractivity contribution in [1.29, 1.82) is 0 Å². The number of carbonyl (C=O) groups is 2. The van der Waals surface area contributed by atoms with Crippen LogP contribution in [0.15, 0.2) is 12.1 Å². The maximum atomic E-state index is 12.3. The summed E-state index contributed by atoms with van der Waals surface area (Å²) in [5.41, 5.74) is 0.272. The standard InChI is InChI=1S/C18H22Cl2N2O4/c1-17(2)9-25-21(15(17)23)7-11-5-14(20)12(6-13(11)19)8-22-16(24)18(3,4)10-26-22/h5-6H,7-10H2,1-4H3. The maximum absolute atomic E-state index is 12.3. The van der Waals surface area contributed by atoms with Crippen molar-refractivity contribution in [2.24, 2.45) is 10.8 Å². The summed E-state index contributed by atoms with van der Waals surface area (Å²) in [4.78, 5) is 35.5. The van der Waals surface area contributed by atoms with Gasteiger partial charge in [-0.3, -0.25) is 19.3 Å². The van der Waals surface area contributed by atoms with Crippen molar-refractivity contribution in [1.82, 2.24) is 10.1 Å². The molecule has 0 spiro atoms. The molecule has 0 saturated carbocycles. The van der Waals surface area contributed by atoms with Crippen LogP contribution in [0.1, 0.15) is 38.8 Å². The fourth-order valence-electron chi connectivity index (χ4n) is 2.81. The number of carbonyl (C=O) groups excluding carboxylic acids is 2. The van der Waals surface area contributed by atoms with Crippen LogP contribution in [0.3, 0.4) is 0 Å². The minimum Gasteiger partial charge on any atom is -0.272 e. The minimum atomic E-state index is -0.545. The first-order chi connectivity index (χ1) is 12.0. The van der Waals surface area contributed by atoms with Crippen molar-refractivity contribution < 1.29 is 19.3 Å². The van der Waals surface area contributed by atoms with E-state index in [2.05, 4.69) is 0 Å². The molecule has 2 heterocycles. The quantitative estimate of drug-likeness (QED) is 0.774. The predicted octanol–water partition coefficient (Wildman–Crippen LogP) is 3.59. The second-order valence-electron chi connectivity index (χ2n) is 8.03. The fourth-order valence-corrected chi connectivity index (χ4v) is 3.30. The molecule has 0 radical (unpaired) electrons. The Labute approximate surface area is 162 Å². The van der Waals surface area contributed by atoms with E-state index in [9.17, 15) is 9.59 Å². The molecule has 2 aliphatic rings. The third kappa shape index (κ3) is 3.56. The van der Waals surface area contributed by atoms with Crippen LogP contribution in [0.5, 0.6) is 0 Å². The number of nitrogens with zero attached hydrogens (tertiary/aromatic N) is 2. The van der Waals surface area contributed by atoms with Crippen molar-refractivity contribution in [2.45, 2.75) is 40.8 Å². The lowest BCUT2D eigenvalue weighted by molar-refractivity contribution is -0.165.